The molecule has 1 aromatic heterocycles. The van der Waals surface area contributed by atoms with Crippen LogP contribution in [0.4, 0.5) is 5.69 Å². The zero-order chi connectivity index (χ0) is 15.0. The highest BCUT2D eigenvalue weighted by molar-refractivity contribution is 14.1. The number of fused-ring (bicyclic) bond motifs is 1. The van der Waals surface area contributed by atoms with Crippen molar-refractivity contribution in [1.29, 1.82) is 0 Å². The number of para-hydroxylation sites is 1. The van der Waals surface area contributed by atoms with Crippen molar-refractivity contribution in [3.63, 3.8) is 0 Å². The first kappa shape index (κ1) is 15.3. The molecule has 0 saturated heterocycles. The summed E-state index contributed by atoms with van der Waals surface area (Å²) in [7, 11) is -3.22. The van der Waals surface area contributed by atoms with Crippen LogP contribution >= 0.6 is 33.9 Å². The van der Waals surface area contributed by atoms with Crippen molar-refractivity contribution >= 4 is 49.5 Å². The molecule has 6 heteroatoms. The molecule has 3 nitrogen and oxygen atoms in total. The van der Waals surface area contributed by atoms with E-state index in [4.69, 9.17) is 0 Å². The van der Waals surface area contributed by atoms with Crippen LogP contribution in [0, 0.1) is 2.88 Å². The van der Waals surface area contributed by atoms with E-state index in [2.05, 4.69) is 34.0 Å². The Hall–Kier alpha value is -0.600. The maximum absolute atomic E-state index is 11.9. The number of sulfone groups is 1. The van der Waals surface area contributed by atoms with Crippen molar-refractivity contribution in [3.05, 3.63) is 43.7 Å². The molecule has 0 saturated carbocycles. The normalized spacial score (nSPS) is 18.3. The van der Waals surface area contributed by atoms with Crippen LogP contribution in [0.3, 0.4) is 0 Å². The van der Waals surface area contributed by atoms with E-state index >= 15 is 0 Å². The number of benzene rings is 1. The third-order valence-electron chi connectivity index (χ3n) is 3.70. The molecular formula is C15H16INO2S2. The lowest BCUT2D eigenvalue weighted by molar-refractivity contribution is 0.598. The van der Waals surface area contributed by atoms with Gasteiger partial charge in [-0.05, 0) is 65.6 Å². The SMILES string of the molecule is CS(=O)(=O)c1ccccc1NC1CCCc2sc(I)cc21. The highest BCUT2D eigenvalue weighted by Crippen LogP contribution is 2.38. The summed E-state index contributed by atoms with van der Waals surface area (Å²) >= 11 is 4.20. The second-order valence-electron chi connectivity index (χ2n) is 5.29. The number of hydrogen-bond acceptors (Lipinski definition) is 4. The lowest BCUT2D eigenvalue weighted by Gasteiger charge is -2.25. The molecule has 1 aromatic carbocycles. The minimum absolute atomic E-state index is 0.205. The molecule has 1 aliphatic rings. The molecule has 0 bridgehead atoms. The standard InChI is InChI=1S/C15H16INO2S2/c1-21(18,19)14-8-3-2-5-12(14)17-11-6-4-7-13-10(11)9-15(16)20-13/h2-3,5,8-9,11,17H,4,6-7H2,1H3. The summed E-state index contributed by atoms with van der Waals surface area (Å²) in [5, 5.41) is 3.45. The summed E-state index contributed by atoms with van der Waals surface area (Å²) in [6, 6.07) is 9.58. The van der Waals surface area contributed by atoms with Crippen LogP contribution in [0.2, 0.25) is 0 Å². The first-order valence-corrected chi connectivity index (χ1v) is 10.6. The van der Waals surface area contributed by atoms with Crippen molar-refractivity contribution in [1.82, 2.24) is 0 Å². The largest absolute Gasteiger partial charge is 0.377 e. The molecule has 1 atom stereocenters. The van der Waals surface area contributed by atoms with Gasteiger partial charge in [0.15, 0.2) is 9.84 Å². The zero-order valence-corrected chi connectivity index (χ0v) is 15.4. The highest BCUT2D eigenvalue weighted by Gasteiger charge is 2.24. The zero-order valence-electron chi connectivity index (χ0n) is 11.6. The molecule has 0 spiro atoms. The summed E-state index contributed by atoms with van der Waals surface area (Å²) < 4.78 is 25.1. The van der Waals surface area contributed by atoms with E-state index in [9.17, 15) is 8.42 Å². The molecular weight excluding hydrogens is 417 g/mol. The lowest BCUT2D eigenvalue weighted by atomic mass is 9.94. The van der Waals surface area contributed by atoms with E-state index in [1.54, 1.807) is 12.1 Å². The third-order valence-corrected chi connectivity index (χ3v) is 6.83. The smallest absolute Gasteiger partial charge is 0.177 e. The summed E-state index contributed by atoms with van der Waals surface area (Å²) in [6.45, 7) is 0. The van der Waals surface area contributed by atoms with Gasteiger partial charge in [0.25, 0.3) is 0 Å². The molecule has 0 amide bonds. The molecule has 112 valence electrons. The maximum Gasteiger partial charge on any atom is 0.177 e. The second-order valence-corrected chi connectivity index (χ2v) is 10.3. The Labute approximate surface area is 142 Å². The number of nitrogens with one attached hydrogen (secondary N) is 1. The van der Waals surface area contributed by atoms with Crippen LogP contribution in [-0.2, 0) is 16.3 Å². The Morgan fingerprint density at radius 3 is 2.86 bits per heavy atom. The lowest BCUT2D eigenvalue weighted by Crippen LogP contribution is -2.17. The van der Waals surface area contributed by atoms with E-state index in [1.165, 1.54) is 19.6 Å². The maximum atomic E-state index is 11.9. The quantitative estimate of drug-likeness (QED) is 0.737. The Kier molecular flexibility index (Phi) is 4.29. The molecule has 3 rings (SSSR count). The fourth-order valence-electron chi connectivity index (χ4n) is 2.77. The van der Waals surface area contributed by atoms with Crippen LogP contribution in [0.15, 0.2) is 35.2 Å². The van der Waals surface area contributed by atoms with Crippen LogP contribution in [0.1, 0.15) is 29.3 Å². The molecule has 0 radical (unpaired) electrons. The van der Waals surface area contributed by atoms with Gasteiger partial charge in [-0.15, -0.1) is 11.3 Å². The molecule has 0 fully saturated rings. The van der Waals surface area contributed by atoms with E-state index in [-0.39, 0.29) is 6.04 Å². The monoisotopic (exact) mass is 433 g/mol. The van der Waals surface area contributed by atoms with Crippen molar-refractivity contribution in [2.75, 3.05) is 11.6 Å². The molecule has 2 aromatic rings. The molecule has 21 heavy (non-hydrogen) atoms. The minimum atomic E-state index is -3.22. The molecule has 1 unspecified atom stereocenters. The first-order chi connectivity index (χ1) is 9.95. The van der Waals surface area contributed by atoms with Crippen LogP contribution in [0.5, 0.6) is 0 Å². The Morgan fingerprint density at radius 1 is 1.33 bits per heavy atom. The average Bonchev–Trinajstić information content (AvgIpc) is 2.79. The van der Waals surface area contributed by atoms with Crippen LogP contribution < -0.4 is 5.32 Å². The Morgan fingerprint density at radius 2 is 2.10 bits per heavy atom. The number of hydrogen-bond donors (Lipinski definition) is 1. The summed E-state index contributed by atoms with van der Waals surface area (Å²) in [4.78, 5) is 1.81. The Balaban J connectivity index is 1.96. The van der Waals surface area contributed by atoms with Gasteiger partial charge in [0.05, 0.1) is 19.5 Å². The van der Waals surface area contributed by atoms with Gasteiger partial charge >= 0.3 is 0 Å². The van der Waals surface area contributed by atoms with Crippen molar-refractivity contribution in [3.8, 4) is 0 Å². The molecule has 0 aliphatic heterocycles. The van der Waals surface area contributed by atoms with Crippen molar-refractivity contribution in [2.45, 2.75) is 30.2 Å². The fraction of sp³-hybridized carbons (Fsp3) is 0.333. The van der Waals surface area contributed by atoms with Gasteiger partial charge in [-0.25, -0.2) is 8.42 Å². The average molecular weight is 433 g/mol. The minimum Gasteiger partial charge on any atom is -0.377 e. The van der Waals surface area contributed by atoms with Gasteiger partial charge in [0.1, 0.15) is 0 Å². The molecule has 1 heterocycles. The number of rotatable bonds is 3. The third kappa shape index (κ3) is 3.27. The van der Waals surface area contributed by atoms with Gasteiger partial charge in [0.2, 0.25) is 0 Å². The van der Waals surface area contributed by atoms with Gasteiger partial charge in [-0.1, -0.05) is 12.1 Å². The second kappa shape index (κ2) is 5.89. The molecule has 1 N–H and O–H groups in total. The number of thiophene rings is 1. The Bertz CT molecular complexity index is 768. The number of halogens is 1. The highest BCUT2D eigenvalue weighted by atomic mass is 127. The van der Waals surface area contributed by atoms with Crippen LogP contribution in [-0.4, -0.2) is 14.7 Å². The summed E-state index contributed by atoms with van der Waals surface area (Å²) in [5.74, 6) is 0. The van der Waals surface area contributed by atoms with Crippen molar-refractivity contribution in [2.24, 2.45) is 0 Å². The number of aryl methyl sites for hydroxylation is 1. The van der Waals surface area contributed by atoms with Crippen molar-refractivity contribution < 1.29 is 8.42 Å². The van der Waals surface area contributed by atoms with Gasteiger partial charge < -0.3 is 5.32 Å². The van der Waals surface area contributed by atoms with Gasteiger partial charge in [-0.3, -0.25) is 0 Å². The van der Waals surface area contributed by atoms with E-state index in [0.29, 0.717) is 10.6 Å². The summed E-state index contributed by atoms with van der Waals surface area (Å²) in [5.41, 5.74) is 2.04. The fourth-order valence-corrected chi connectivity index (χ4v) is 5.74. The van der Waals surface area contributed by atoms with E-state index in [0.717, 1.165) is 19.3 Å². The van der Waals surface area contributed by atoms with Gasteiger partial charge in [-0.2, -0.15) is 0 Å². The topological polar surface area (TPSA) is 46.2 Å². The molecule has 1 aliphatic carbocycles. The van der Waals surface area contributed by atoms with Crippen LogP contribution in [0.25, 0.3) is 0 Å². The van der Waals surface area contributed by atoms with E-state index in [1.807, 2.05) is 23.5 Å². The number of anilines is 1. The first-order valence-electron chi connectivity index (χ1n) is 6.79. The summed E-state index contributed by atoms with van der Waals surface area (Å²) in [6.07, 6.45) is 4.57. The predicted octanol–water partition coefficient (Wildman–Crippen LogP) is 4.25. The van der Waals surface area contributed by atoms with Gasteiger partial charge in [0, 0.05) is 11.1 Å². The van der Waals surface area contributed by atoms with E-state index < -0.39 is 9.84 Å². The predicted molar refractivity (Wildman–Crippen MR) is 95.9 cm³/mol.